The van der Waals surface area contributed by atoms with E-state index in [9.17, 15) is 5.11 Å². The zero-order valence-electron chi connectivity index (χ0n) is 10.7. The van der Waals surface area contributed by atoms with Gasteiger partial charge in [0.15, 0.2) is 0 Å². The van der Waals surface area contributed by atoms with Crippen molar-refractivity contribution in [1.82, 2.24) is 4.98 Å². The van der Waals surface area contributed by atoms with E-state index in [0.29, 0.717) is 18.8 Å². The monoisotopic (exact) mass is 321 g/mol. The van der Waals surface area contributed by atoms with E-state index >= 15 is 0 Å². The Morgan fingerprint density at radius 3 is 2.74 bits per heavy atom. The van der Waals surface area contributed by atoms with E-state index in [0.717, 1.165) is 15.7 Å². The van der Waals surface area contributed by atoms with Crippen LogP contribution < -0.4 is 4.74 Å². The van der Waals surface area contributed by atoms with Gasteiger partial charge in [0.2, 0.25) is 0 Å². The van der Waals surface area contributed by atoms with Crippen LogP contribution >= 0.6 is 15.9 Å². The van der Waals surface area contributed by atoms with E-state index in [4.69, 9.17) is 4.74 Å². The molecule has 0 spiro atoms. The Hall–Kier alpha value is -1.39. The van der Waals surface area contributed by atoms with E-state index in [1.807, 2.05) is 43.3 Å². The summed E-state index contributed by atoms with van der Waals surface area (Å²) in [6.45, 7) is 2.33. The molecule has 2 rings (SSSR count). The number of aliphatic hydroxyl groups is 1. The molecule has 0 amide bonds. The summed E-state index contributed by atoms with van der Waals surface area (Å²) in [6, 6.07) is 11.4. The van der Waals surface area contributed by atoms with E-state index in [-0.39, 0.29) is 0 Å². The summed E-state index contributed by atoms with van der Waals surface area (Å²) in [6.07, 6.45) is 1.91. The summed E-state index contributed by atoms with van der Waals surface area (Å²) in [7, 11) is 0. The zero-order chi connectivity index (χ0) is 13.7. The van der Waals surface area contributed by atoms with Gasteiger partial charge >= 0.3 is 0 Å². The number of ether oxygens (including phenoxy) is 1. The number of benzene rings is 1. The van der Waals surface area contributed by atoms with E-state index < -0.39 is 6.10 Å². The minimum absolute atomic E-state index is 0.390. The maximum absolute atomic E-state index is 9.94. The number of rotatable bonds is 5. The number of pyridine rings is 1. The maximum atomic E-state index is 9.94. The number of aliphatic hydroxyl groups excluding tert-OH is 1. The molecule has 0 aliphatic heterocycles. The second-order valence-electron chi connectivity index (χ2n) is 4.22. The van der Waals surface area contributed by atoms with E-state index in [1.165, 1.54) is 0 Å². The summed E-state index contributed by atoms with van der Waals surface area (Å²) in [5.41, 5.74) is 1.67. The average molecular weight is 322 g/mol. The number of aromatic nitrogens is 1. The van der Waals surface area contributed by atoms with Crippen LogP contribution in [0.5, 0.6) is 5.75 Å². The number of halogens is 1. The predicted octanol–water partition coefficient (Wildman–Crippen LogP) is 3.87. The summed E-state index contributed by atoms with van der Waals surface area (Å²) < 4.78 is 6.69. The molecule has 1 atom stereocenters. The van der Waals surface area contributed by atoms with Gasteiger partial charge in [0, 0.05) is 16.2 Å². The lowest BCUT2D eigenvalue weighted by molar-refractivity contribution is 0.166. The fraction of sp³-hybridized carbons (Fsp3) is 0.267. The lowest BCUT2D eigenvalue weighted by Crippen LogP contribution is -2.03. The molecule has 0 bridgehead atoms. The normalized spacial score (nSPS) is 12.2. The number of hydrogen-bond donors (Lipinski definition) is 1. The SMILES string of the molecule is CC[C@H](O)c1ccccc1OCc1ccc(Br)cn1. The molecule has 3 nitrogen and oxygen atoms in total. The van der Waals surface area contributed by atoms with Gasteiger partial charge in [-0.15, -0.1) is 0 Å². The molecule has 100 valence electrons. The molecule has 19 heavy (non-hydrogen) atoms. The van der Waals surface area contributed by atoms with E-state index in [1.54, 1.807) is 6.20 Å². The van der Waals surface area contributed by atoms with Crippen molar-refractivity contribution < 1.29 is 9.84 Å². The van der Waals surface area contributed by atoms with Crippen molar-refractivity contribution in [2.45, 2.75) is 26.1 Å². The highest BCUT2D eigenvalue weighted by atomic mass is 79.9. The molecule has 0 aliphatic carbocycles. The van der Waals surface area contributed by atoms with Crippen LogP contribution in [0.1, 0.15) is 30.7 Å². The van der Waals surface area contributed by atoms with Crippen molar-refractivity contribution in [2.24, 2.45) is 0 Å². The van der Waals surface area contributed by atoms with Crippen molar-refractivity contribution >= 4 is 15.9 Å². The second kappa shape index (κ2) is 6.68. The first-order chi connectivity index (χ1) is 9.20. The van der Waals surface area contributed by atoms with Crippen molar-refractivity contribution in [1.29, 1.82) is 0 Å². The summed E-state index contributed by atoms with van der Waals surface area (Å²) in [4.78, 5) is 4.25. The topological polar surface area (TPSA) is 42.4 Å². The molecular formula is C15H16BrNO2. The van der Waals surface area contributed by atoms with Crippen molar-refractivity contribution in [3.63, 3.8) is 0 Å². The van der Waals surface area contributed by atoms with Crippen LogP contribution in [0.15, 0.2) is 47.1 Å². The van der Waals surface area contributed by atoms with Crippen LogP contribution in [0.4, 0.5) is 0 Å². The van der Waals surface area contributed by atoms with Gasteiger partial charge in [-0.1, -0.05) is 25.1 Å². The van der Waals surface area contributed by atoms with Crippen LogP contribution in [0.25, 0.3) is 0 Å². The number of hydrogen-bond acceptors (Lipinski definition) is 3. The van der Waals surface area contributed by atoms with E-state index in [2.05, 4.69) is 20.9 Å². The molecule has 1 N–H and O–H groups in total. The lowest BCUT2D eigenvalue weighted by atomic mass is 10.1. The van der Waals surface area contributed by atoms with Gasteiger partial charge in [-0.25, -0.2) is 0 Å². The average Bonchev–Trinajstić information content (AvgIpc) is 2.46. The Balaban J connectivity index is 2.09. The molecule has 1 aromatic heterocycles. The molecule has 1 heterocycles. The second-order valence-corrected chi connectivity index (χ2v) is 5.13. The molecule has 0 fully saturated rings. The van der Waals surface area contributed by atoms with Crippen LogP contribution in [0, 0.1) is 0 Å². The van der Waals surface area contributed by atoms with Gasteiger partial charge in [-0.3, -0.25) is 4.98 Å². The highest BCUT2D eigenvalue weighted by Gasteiger charge is 2.11. The number of nitrogens with zero attached hydrogens (tertiary/aromatic N) is 1. The fourth-order valence-corrected chi connectivity index (χ4v) is 1.99. The zero-order valence-corrected chi connectivity index (χ0v) is 12.3. The largest absolute Gasteiger partial charge is 0.487 e. The van der Waals surface area contributed by atoms with Crippen molar-refractivity contribution in [3.8, 4) is 5.75 Å². The molecule has 4 heteroatoms. The molecule has 0 radical (unpaired) electrons. The van der Waals surface area contributed by atoms with Crippen molar-refractivity contribution in [3.05, 3.63) is 58.3 Å². The first kappa shape index (κ1) is 14.0. The minimum Gasteiger partial charge on any atom is -0.487 e. The Kier molecular flexibility index (Phi) is 4.93. The van der Waals surface area contributed by atoms with Crippen LogP contribution in [-0.2, 0) is 6.61 Å². The third kappa shape index (κ3) is 3.78. The van der Waals surface area contributed by atoms with Crippen LogP contribution in [0.3, 0.4) is 0 Å². The molecule has 1 aromatic carbocycles. The lowest BCUT2D eigenvalue weighted by Gasteiger charge is -2.14. The van der Waals surface area contributed by atoms with Gasteiger partial charge in [-0.2, -0.15) is 0 Å². The Morgan fingerprint density at radius 2 is 2.05 bits per heavy atom. The smallest absolute Gasteiger partial charge is 0.130 e. The molecule has 0 unspecified atom stereocenters. The van der Waals surface area contributed by atoms with Crippen molar-refractivity contribution in [2.75, 3.05) is 0 Å². The summed E-state index contributed by atoms with van der Waals surface area (Å²) in [5, 5.41) is 9.94. The van der Waals surface area contributed by atoms with Gasteiger partial charge in [0.25, 0.3) is 0 Å². The van der Waals surface area contributed by atoms with Gasteiger partial charge < -0.3 is 9.84 Å². The first-order valence-corrected chi connectivity index (χ1v) is 7.00. The fourth-order valence-electron chi connectivity index (χ4n) is 1.75. The third-order valence-corrected chi connectivity index (χ3v) is 3.30. The Bertz CT molecular complexity index is 528. The van der Waals surface area contributed by atoms with Gasteiger partial charge in [0.1, 0.15) is 12.4 Å². The predicted molar refractivity (Wildman–Crippen MR) is 78.0 cm³/mol. The Morgan fingerprint density at radius 1 is 1.26 bits per heavy atom. The molecule has 0 aliphatic rings. The molecule has 2 aromatic rings. The summed E-state index contributed by atoms with van der Waals surface area (Å²) >= 11 is 3.35. The van der Waals surface area contributed by atoms with Gasteiger partial charge in [0.05, 0.1) is 11.8 Å². The number of para-hydroxylation sites is 1. The van der Waals surface area contributed by atoms with Crippen LogP contribution in [-0.4, -0.2) is 10.1 Å². The highest BCUT2D eigenvalue weighted by Crippen LogP contribution is 2.27. The maximum Gasteiger partial charge on any atom is 0.130 e. The van der Waals surface area contributed by atoms with Crippen LogP contribution in [0.2, 0.25) is 0 Å². The molecular weight excluding hydrogens is 306 g/mol. The third-order valence-electron chi connectivity index (χ3n) is 2.83. The molecule has 0 saturated heterocycles. The van der Waals surface area contributed by atoms with Gasteiger partial charge in [-0.05, 0) is 40.5 Å². The molecule has 0 saturated carbocycles. The Labute approximate surface area is 121 Å². The minimum atomic E-state index is -0.492. The first-order valence-electron chi connectivity index (χ1n) is 6.21. The highest BCUT2D eigenvalue weighted by molar-refractivity contribution is 9.10. The quantitative estimate of drug-likeness (QED) is 0.909. The summed E-state index contributed by atoms with van der Waals surface area (Å²) in [5.74, 6) is 0.710. The standard InChI is InChI=1S/C15H16BrNO2/c1-2-14(18)13-5-3-4-6-15(13)19-10-12-8-7-11(16)9-17-12/h3-9,14,18H,2,10H2,1H3/t14-/m0/s1.